The van der Waals surface area contributed by atoms with Crippen molar-refractivity contribution in [1.82, 2.24) is 0 Å². The molecule has 4 nitrogen and oxygen atoms in total. The molecule has 0 bridgehead atoms. The molecule has 0 amide bonds. The van der Waals surface area contributed by atoms with Gasteiger partial charge in [0.05, 0.1) is 12.3 Å². The number of anilines is 1. The summed E-state index contributed by atoms with van der Waals surface area (Å²) in [4.78, 5) is 12.1. The number of para-hydroxylation sites is 1. The van der Waals surface area contributed by atoms with Crippen LogP contribution in [0, 0.1) is 6.92 Å². The number of carbonyl (C=O) groups is 1. The van der Waals surface area contributed by atoms with Crippen LogP contribution in [0.5, 0.6) is 0 Å². The third kappa shape index (κ3) is 4.18. The van der Waals surface area contributed by atoms with E-state index in [4.69, 9.17) is 4.74 Å². The van der Waals surface area contributed by atoms with Crippen molar-refractivity contribution in [3.63, 3.8) is 0 Å². The number of aryl methyl sites for hydroxylation is 1. The third-order valence-electron chi connectivity index (χ3n) is 2.83. The van der Waals surface area contributed by atoms with Crippen LogP contribution in [0.1, 0.15) is 18.1 Å². The van der Waals surface area contributed by atoms with E-state index in [9.17, 15) is 4.79 Å². The van der Waals surface area contributed by atoms with E-state index in [-0.39, 0.29) is 5.71 Å². The van der Waals surface area contributed by atoms with Crippen molar-refractivity contribution in [2.24, 2.45) is 5.10 Å². The number of esters is 1. The van der Waals surface area contributed by atoms with E-state index in [1.807, 2.05) is 61.5 Å². The van der Waals surface area contributed by atoms with Crippen LogP contribution in [0.15, 0.2) is 59.7 Å². The van der Waals surface area contributed by atoms with E-state index in [1.54, 1.807) is 6.92 Å². The van der Waals surface area contributed by atoms with Crippen molar-refractivity contribution >= 4 is 17.4 Å². The van der Waals surface area contributed by atoms with Gasteiger partial charge in [0.2, 0.25) is 0 Å². The standard InChI is InChI=1S/C17H18N2O2/c1-3-21-17(20)16(14-9-7-8-13(2)12-14)19-18-15-10-5-4-6-11-15/h4-12,18H,3H2,1-2H3/b19-16-. The molecule has 2 aromatic rings. The Bertz CT molecular complexity index is 636. The number of rotatable bonds is 5. The monoisotopic (exact) mass is 282 g/mol. The molecule has 21 heavy (non-hydrogen) atoms. The SMILES string of the molecule is CCOC(=O)/C(=N\Nc1ccccc1)c1cccc(C)c1. The lowest BCUT2D eigenvalue weighted by Gasteiger charge is -2.08. The number of nitrogens with zero attached hydrogens (tertiary/aromatic N) is 1. The summed E-state index contributed by atoms with van der Waals surface area (Å²) >= 11 is 0. The summed E-state index contributed by atoms with van der Waals surface area (Å²) in [6.45, 7) is 4.06. The lowest BCUT2D eigenvalue weighted by molar-refractivity contribution is -0.134. The zero-order chi connectivity index (χ0) is 15.1. The highest BCUT2D eigenvalue weighted by Gasteiger charge is 2.15. The maximum Gasteiger partial charge on any atom is 0.359 e. The Kier molecular flexibility index (Phi) is 5.10. The number of hydrazone groups is 1. The highest BCUT2D eigenvalue weighted by Crippen LogP contribution is 2.10. The highest BCUT2D eigenvalue weighted by atomic mass is 16.5. The van der Waals surface area contributed by atoms with Crippen LogP contribution in [-0.4, -0.2) is 18.3 Å². The molecular weight excluding hydrogens is 264 g/mol. The number of ether oxygens (including phenoxy) is 1. The Morgan fingerprint density at radius 1 is 1.14 bits per heavy atom. The summed E-state index contributed by atoms with van der Waals surface area (Å²) in [5.41, 5.74) is 5.76. The van der Waals surface area contributed by atoms with E-state index in [0.29, 0.717) is 6.61 Å². The number of benzene rings is 2. The van der Waals surface area contributed by atoms with Crippen molar-refractivity contribution in [1.29, 1.82) is 0 Å². The molecule has 0 saturated heterocycles. The van der Waals surface area contributed by atoms with E-state index < -0.39 is 5.97 Å². The van der Waals surface area contributed by atoms with Gasteiger partial charge in [-0.2, -0.15) is 5.10 Å². The van der Waals surface area contributed by atoms with Gasteiger partial charge in [0.1, 0.15) is 0 Å². The average Bonchev–Trinajstić information content (AvgIpc) is 2.49. The molecule has 108 valence electrons. The Labute approximate surface area is 124 Å². The topological polar surface area (TPSA) is 50.7 Å². The molecule has 0 aliphatic rings. The predicted octanol–water partition coefficient (Wildman–Crippen LogP) is 3.37. The molecule has 0 fully saturated rings. The first-order chi connectivity index (χ1) is 10.2. The van der Waals surface area contributed by atoms with Gasteiger partial charge < -0.3 is 4.74 Å². The van der Waals surface area contributed by atoms with Gasteiger partial charge in [-0.25, -0.2) is 4.79 Å². The summed E-state index contributed by atoms with van der Waals surface area (Å²) in [5.74, 6) is -0.438. The maximum atomic E-state index is 12.1. The second-order valence-electron chi connectivity index (χ2n) is 4.53. The minimum atomic E-state index is -0.438. The quantitative estimate of drug-likeness (QED) is 0.519. The second kappa shape index (κ2) is 7.24. The zero-order valence-corrected chi connectivity index (χ0v) is 12.2. The molecule has 0 aliphatic carbocycles. The van der Waals surface area contributed by atoms with Crippen LogP contribution in [-0.2, 0) is 9.53 Å². The van der Waals surface area contributed by atoms with E-state index in [1.165, 1.54) is 0 Å². The van der Waals surface area contributed by atoms with Crippen molar-refractivity contribution in [2.75, 3.05) is 12.0 Å². The second-order valence-corrected chi connectivity index (χ2v) is 4.53. The molecule has 0 heterocycles. The van der Waals surface area contributed by atoms with Crippen LogP contribution in [0.25, 0.3) is 0 Å². The average molecular weight is 282 g/mol. The first kappa shape index (κ1) is 14.8. The molecule has 4 heteroatoms. The Morgan fingerprint density at radius 2 is 1.90 bits per heavy atom. The van der Waals surface area contributed by atoms with Crippen LogP contribution in [0.3, 0.4) is 0 Å². The largest absolute Gasteiger partial charge is 0.461 e. The Morgan fingerprint density at radius 3 is 2.57 bits per heavy atom. The van der Waals surface area contributed by atoms with Crippen LogP contribution in [0.4, 0.5) is 5.69 Å². The number of hydrogen-bond acceptors (Lipinski definition) is 4. The van der Waals surface area contributed by atoms with E-state index in [0.717, 1.165) is 16.8 Å². The van der Waals surface area contributed by atoms with Crippen molar-refractivity contribution in [3.8, 4) is 0 Å². The fourth-order valence-corrected chi connectivity index (χ4v) is 1.85. The van der Waals surface area contributed by atoms with Crippen LogP contribution >= 0.6 is 0 Å². The summed E-state index contributed by atoms with van der Waals surface area (Å²) in [7, 11) is 0. The first-order valence-corrected chi connectivity index (χ1v) is 6.83. The molecule has 0 radical (unpaired) electrons. The van der Waals surface area contributed by atoms with Gasteiger partial charge in [-0.05, 0) is 32.0 Å². The maximum absolute atomic E-state index is 12.1. The van der Waals surface area contributed by atoms with Crippen molar-refractivity contribution in [3.05, 3.63) is 65.7 Å². The molecule has 0 aromatic heterocycles. The van der Waals surface area contributed by atoms with Crippen LogP contribution in [0.2, 0.25) is 0 Å². The number of hydrogen-bond donors (Lipinski definition) is 1. The van der Waals surface area contributed by atoms with Gasteiger partial charge in [-0.3, -0.25) is 5.43 Å². The molecule has 0 atom stereocenters. The van der Waals surface area contributed by atoms with Gasteiger partial charge in [-0.1, -0.05) is 42.0 Å². The van der Waals surface area contributed by atoms with Gasteiger partial charge in [0.15, 0.2) is 5.71 Å². The normalized spacial score (nSPS) is 11.0. The van der Waals surface area contributed by atoms with E-state index in [2.05, 4.69) is 10.5 Å². The molecule has 1 N–H and O–H groups in total. The molecule has 2 aromatic carbocycles. The molecule has 2 rings (SSSR count). The molecule has 0 saturated carbocycles. The Hall–Kier alpha value is -2.62. The highest BCUT2D eigenvalue weighted by molar-refractivity contribution is 6.43. The number of carbonyl (C=O) groups excluding carboxylic acids is 1. The van der Waals surface area contributed by atoms with Gasteiger partial charge in [-0.15, -0.1) is 0 Å². The minimum absolute atomic E-state index is 0.268. The fraction of sp³-hybridized carbons (Fsp3) is 0.176. The lowest BCUT2D eigenvalue weighted by Crippen LogP contribution is -2.20. The summed E-state index contributed by atoms with van der Waals surface area (Å²) in [5, 5.41) is 4.22. The third-order valence-corrected chi connectivity index (χ3v) is 2.83. The molecule has 0 unspecified atom stereocenters. The van der Waals surface area contributed by atoms with Gasteiger partial charge >= 0.3 is 5.97 Å². The van der Waals surface area contributed by atoms with Crippen molar-refractivity contribution in [2.45, 2.75) is 13.8 Å². The van der Waals surface area contributed by atoms with E-state index >= 15 is 0 Å². The van der Waals surface area contributed by atoms with Crippen molar-refractivity contribution < 1.29 is 9.53 Å². The molecule has 0 spiro atoms. The summed E-state index contributed by atoms with van der Waals surface area (Å²) in [6, 6.07) is 17.1. The fourth-order valence-electron chi connectivity index (χ4n) is 1.85. The first-order valence-electron chi connectivity index (χ1n) is 6.83. The molecule has 0 aliphatic heterocycles. The molecular formula is C17H18N2O2. The Balaban J connectivity index is 2.30. The minimum Gasteiger partial charge on any atom is -0.461 e. The number of nitrogens with one attached hydrogen (secondary N) is 1. The predicted molar refractivity (Wildman–Crippen MR) is 84.4 cm³/mol. The lowest BCUT2D eigenvalue weighted by atomic mass is 10.1. The van der Waals surface area contributed by atoms with Gasteiger partial charge in [0, 0.05) is 5.56 Å². The smallest absolute Gasteiger partial charge is 0.359 e. The summed E-state index contributed by atoms with van der Waals surface area (Å²) < 4.78 is 5.08. The van der Waals surface area contributed by atoms with Gasteiger partial charge in [0.25, 0.3) is 0 Å². The van der Waals surface area contributed by atoms with Crippen LogP contribution < -0.4 is 5.43 Å². The summed E-state index contributed by atoms with van der Waals surface area (Å²) in [6.07, 6.45) is 0. The zero-order valence-electron chi connectivity index (χ0n) is 12.2.